The summed E-state index contributed by atoms with van der Waals surface area (Å²) in [6, 6.07) is 10.5. The van der Waals surface area contributed by atoms with Gasteiger partial charge in [0.05, 0.1) is 31.3 Å². The van der Waals surface area contributed by atoms with Crippen molar-refractivity contribution in [1.82, 2.24) is 29.6 Å². The van der Waals surface area contributed by atoms with Crippen molar-refractivity contribution in [2.24, 2.45) is 23.5 Å². The molecule has 0 bridgehead atoms. The van der Waals surface area contributed by atoms with Crippen molar-refractivity contribution in [3.63, 3.8) is 0 Å². The molecule has 2 saturated heterocycles. The molecule has 2 atom stereocenters. The maximum absolute atomic E-state index is 13.4. The Bertz CT molecular complexity index is 2410. The second kappa shape index (κ2) is 18.3. The van der Waals surface area contributed by atoms with Crippen molar-refractivity contribution in [3.05, 3.63) is 75.8 Å². The van der Waals surface area contributed by atoms with E-state index in [9.17, 15) is 23.4 Å². The fourth-order valence-corrected chi connectivity index (χ4v) is 10.5. The lowest BCUT2D eigenvalue weighted by Gasteiger charge is -2.52. The van der Waals surface area contributed by atoms with Crippen molar-refractivity contribution in [2.75, 3.05) is 54.0 Å². The van der Waals surface area contributed by atoms with Crippen LogP contribution in [-0.4, -0.2) is 113 Å². The molecule has 2 aromatic heterocycles. The minimum atomic E-state index is -1.80. The van der Waals surface area contributed by atoms with Crippen molar-refractivity contribution in [1.29, 1.82) is 0 Å². The summed E-state index contributed by atoms with van der Waals surface area (Å²) in [6.07, 6.45) is 11.2. The van der Waals surface area contributed by atoms with Gasteiger partial charge < -0.3 is 38.7 Å². The van der Waals surface area contributed by atoms with Gasteiger partial charge in [-0.05, 0) is 124 Å². The summed E-state index contributed by atoms with van der Waals surface area (Å²) < 4.78 is 31.9. The van der Waals surface area contributed by atoms with Crippen LogP contribution in [0.15, 0.2) is 58.6 Å². The minimum absolute atomic E-state index is 0.125. The van der Waals surface area contributed by atoms with E-state index in [0.717, 1.165) is 86.9 Å². The Hall–Kier alpha value is -5.16. The number of aldehydes is 1. The van der Waals surface area contributed by atoms with E-state index in [-0.39, 0.29) is 34.9 Å². The van der Waals surface area contributed by atoms with Crippen LogP contribution in [0.1, 0.15) is 72.9 Å². The number of benzene rings is 2. The second-order valence-corrected chi connectivity index (χ2v) is 18.5. The molecule has 8 rings (SSSR count). The number of nitrogens with one attached hydrogen (secondary N) is 1. The lowest BCUT2D eigenvalue weighted by molar-refractivity contribution is -0.125. The van der Waals surface area contributed by atoms with Crippen LogP contribution < -0.4 is 30.2 Å². The fourth-order valence-electron chi connectivity index (χ4n) is 10.1. The molecule has 330 valence electrons. The van der Waals surface area contributed by atoms with E-state index in [4.69, 9.17) is 19.3 Å². The third-order valence-corrected chi connectivity index (χ3v) is 14.3. The van der Waals surface area contributed by atoms with Crippen molar-refractivity contribution in [2.45, 2.75) is 81.6 Å². The predicted octanol–water partition coefficient (Wildman–Crippen LogP) is 4.18. The van der Waals surface area contributed by atoms with Gasteiger partial charge >= 0.3 is 0 Å². The van der Waals surface area contributed by atoms with Gasteiger partial charge in [0.25, 0.3) is 11.5 Å². The van der Waals surface area contributed by atoms with Crippen molar-refractivity contribution < 1.29 is 32.8 Å². The van der Waals surface area contributed by atoms with Crippen molar-refractivity contribution >= 4 is 39.9 Å². The largest absolute Gasteiger partial charge is 0.496 e. The molecule has 1 saturated carbocycles. The maximum atomic E-state index is 13.4. The van der Waals surface area contributed by atoms with Crippen LogP contribution in [-0.2, 0) is 40.7 Å². The van der Waals surface area contributed by atoms with Gasteiger partial charge in [0.2, 0.25) is 5.91 Å². The summed E-state index contributed by atoms with van der Waals surface area (Å²) in [5.41, 5.74) is 4.06. The number of likely N-dealkylation sites (tertiary alicyclic amines) is 2. The van der Waals surface area contributed by atoms with E-state index >= 15 is 0 Å². The lowest BCUT2D eigenvalue weighted by Crippen LogP contribution is -2.51. The molecule has 2 aromatic carbocycles. The Morgan fingerprint density at radius 1 is 1.00 bits per heavy atom. The molecule has 3 fully saturated rings. The number of hydrogen-bond acceptors (Lipinski definition) is 11. The van der Waals surface area contributed by atoms with Crippen LogP contribution in [0.3, 0.4) is 0 Å². The zero-order chi connectivity index (χ0) is 43.7. The number of amides is 2. The van der Waals surface area contributed by atoms with Gasteiger partial charge in [0, 0.05) is 69.1 Å². The van der Waals surface area contributed by atoms with E-state index in [0.29, 0.717) is 64.4 Å². The van der Waals surface area contributed by atoms with Gasteiger partial charge in [0.15, 0.2) is 0 Å². The third kappa shape index (κ3) is 8.74. The van der Waals surface area contributed by atoms with Crippen LogP contribution in [0.5, 0.6) is 17.2 Å². The highest BCUT2D eigenvalue weighted by atomic mass is 32.2. The number of rotatable bonds is 15. The number of likely N-dealkylation sites (N-methyl/N-ethyl adjacent to an activating group) is 1. The monoisotopic (exact) mass is 867 g/mol. The number of methoxy groups -OCH3 is 2. The summed E-state index contributed by atoms with van der Waals surface area (Å²) in [4.78, 5) is 60.8. The molecule has 3 aliphatic heterocycles. The first-order valence-electron chi connectivity index (χ1n) is 21.5. The zero-order valence-electron chi connectivity index (χ0n) is 36.0. The summed E-state index contributed by atoms with van der Waals surface area (Å²) in [5, 5.41) is 9.48. The number of carbonyl (C=O) groups is 3. The highest BCUT2D eigenvalue weighted by Gasteiger charge is 2.47. The highest BCUT2D eigenvalue weighted by molar-refractivity contribution is 7.82. The van der Waals surface area contributed by atoms with Crippen LogP contribution in [0.25, 0.3) is 21.9 Å². The number of hydrogen-bond donors (Lipinski definition) is 2. The van der Waals surface area contributed by atoms with Crippen LogP contribution in [0.4, 0.5) is 0 Å². The quantitative estimate of drug-likeness (QED) is 0.164. The first-order chi connectivity index (χ1) is 29.9. The molecule has 0 radical (unpaired) electrons. The Morgan fingerprint density at radius 2 is 1.71 bits per heavy atom. The molecule has 3 N–H and O–H groups in total. The van der Waals surface area contributed by atoms with Crippen LogP contribution in [0, 0.1) is 11.3 Å². The van der Waals surface area contributed by atoms with Crippen molar-refractivity contribution in [3.8, 4) is 28.4 Å². The molecule has 15 nitrogen and oxygen atoms in total. The maximum Gasteiger partial charge on any atom is 0.259 e. The summed E-state index contributed by atoms with van der Waals surface area (Å²) in [6.45, 7) is 6.30. The predicted molar refractivity (Wildman–Crippen MR) is 235 cm³/mol. The number of aromatic nitrogens is 2. The highest BCUT2D eigenvalue weighted by Crippen LogP contribution is 2.51. The molecule has 4 aromatic rings. The first-order valence-corrected chi connectivity index (χ1v) is 22.8. The summed E-state index contributed by atoms with van der Waals surface area (Å²) >= 11 is 0. The standard InChI is InChI=1S/C46H57N7O8S/c1-48-43(55)39(6-5-17-54)53-26-30-7-8-32(20-34(30)45(53)57)61-33-22-46(23-33)11-15-52(16-12-46)25-29-9-13-51(14-10-29)28-38-40(59-3)18-31(19-41(38)60-4)37-27-50(2)44(56)36-24-49-42(62(47)58)21-35(36)37/h7-8,17-21,24,27,29,33,39H,5-6,9-16,22-23,25-26,28,47H2,1-4H3,(H,48,55). The van der Waals surface area contributed by atoms with Gasteiger partial charge in [0.1, 0.15) is 45.6 Å². The number of ether oxygens (including phenoxy) is 3. The zero-order valence-corrected chi connectivity index (χ0v) is 36.8. The fraction of sp³-hybridized carbons (Fsp3) is 0.500. The molecular formula is C46H57N7O8S. The van der Waals surface area contributed by atoms with Gasteiger partial charge in [-0.15, -0.1) is 0 Å². The third-order valence-electron chi connectivity index (χ3n) is 13.7. The van der Waals surface area contributed by atoms with E-state index < -0.39 is 17.0 Å². The number of carbonyl (C=O) groups excluding carboxylic acids is 3. The van der Waals surface area contributed by atoms with E-state index in [1.165, 1.54) is 23.6 Å². The molecule has 5 heterocycles. The van der Waals surface area contributed by atoms with Gasteiger partial charge in [-0.2, -0.15) is 0 Å². The van der Waals surface area contributed by atoms with E-state index in [2.05, 4.69) is 20.1 Å². The molecule has 2 unspecified atom stereocenters. The Balaban J connectivity index is 0.821. The number of pyridine rings is 2. The van der Waals surface area contributed by atoms with Gasteiger partial charge in [-0.1, -0.05) is 6.07 Å². The average Bonchev–Trinajstić information content (AvgIpc) is 3.59. The number of nitrogens with two attached hydrogens (primary N) is 1. The normalized spacial score (nSPS) is 19.2. The Kier molecular flexibility index (Phi) is 12.8. The Morgan fingerprint density at radius 3 is 2.35 bits per heavy atom. The number of piperidine rings is 2. The molecule has 2 amide bonds. The lowest BCUT2D eigenvalue weighted by atomic mass is 9.61. The Labute approximate surface area is 364 Å². The molecule has 1 aliphatic carbocycles. The number of fused-ring (bicyclic) bond motifs is 2. The molecule has 4 aliphatic rings. The van der Waals surface area contributed by atoms with E-state index in [1.807, 2.05) is 30.3 Å². The van der Waals surface area contributed by atoms with Crippen LogP contribution >= 0.6 is 0 Å². The number of nitrogens with zero attached hydrogens (tertiary/aromatic N) is 5. The molecular weight excluding hydrogens is 811 g/mol. The van der Waals surface area contributed by atoms with Crippen LogP contribution in [0.2, 0.25) is 0 Å². The molecule has 1 spiro atoms. The molecule has 62 heavy (non-hydrogen) atoms. The smallest absolute Gasteiger partial charge is 0.259 e. The second-order valence-electron chi connectivity index (χ2n) is 17.5. The summed E-state index contributed by atoms with van der Waals surface area (Å²) in [7, 11) is 4.75. The molecule has 16 heteroatoms. The van der Waals surface area contributed by atoms with Gasteiger partial charge in [-0.25, -0.2) is 14.3 Å². The average molecular weight is 868 g/mol. The first kappa shape index (κ1) is 43.5. The SMILES string of the molecule is CNC(=O)C(CCC=O)N1Cc2ccc(OC3CC4(CCN(CC5CCN(Cc6c(OC)cc(-c7cn(C)c(=O)c8cnc(S(N)=O)cc78)cc6OC)CC5)CC4)C3)cc2C1=O. The van der Waals surface area contributed by atoms with Gasteiger partial charge in [-0.3, -0.25) is 19.3 Å². The summed E-state index contributed by atoms with van der Waals surface area (Å²) in [5.74, 6) is 2.26. The topological polar surface area (TPSA) is 179 Å². The van der Waals surface area contributed by atoms with E-state index in [1.54, 1.807) is 45.5 Å². The minimum Gasteiger partial charge on any atom is -0.496 e. The number of aryl methyl sites for hydroxylation is 1.